The molecule has 1 N–H and O–H groups in total. The van der Waals surface area contributed by atoms with E-state index < -0.39 is 13.2 Å². The fourth-order valence-electron chi connectivity index (χ4n) is 4.02. The first-order valence-electron chi connectivity index (χ1n) is 9.11. The number of aryl methyl sites for hydroxylation is 2. The van der Waals surface area contributed by atoms with Gasteiger partial charge in [-0.05, 0) is 19.4 Å². The van der Waals surface area contributed by atoms with Crippen molar-refractivity contribution in [2.45, 2.75) is 25.9 Å². The van der Waals surface area contributed by atoms with Crippen molar-refractivity contribution in [1.82, 2.24) is 0 Å². The summed E-state index contributed by atoms with van der Waals surface area (Å²) in [7, 11) is -3.07. The van der Waals surface area contributed by atoms with Crippen LogP contribution in [0.2, 0.25) is 0 Å². The first kappa shape index (κ1) is 18.6. The number of benzene rings is 2. The molecule has 0 amide bonds. The standard InChI is InChI=1S/C22H23O3PS/c1-15-21(19-13-25-14-20(19)23)22(16(2)27-15)26(24,17-9-5-3-6-10-17)18-11-7-4-8-12-18/h3-12,19-20,23H,13-14H2,1-2H3/t19-,20+/m0/s1. The summed E-state index contributed by atoms with van der Waals surface area (Å²) in [6.45, 7) is 4.90. The lowest BCUT2D eigenvalue weighted by Gasteiger charge is -2.24. The molecule has 1 aliphatic heterocycles. The summed E-state index contributed by atoms with van der Waals surface area (Å²) < 4.78 is 20.4. The molecular weight excluding hydrogens is 375 g/mol. The topological polar surface area (TPSA) is 46.5 Å². The van der Waals surface area contributed by atoms with E-state index in [1.807, 2.05) is 67.6 Å². The van der Waals surface area contributed by atoms with Crippen LogP contribution in [0.15, 0.2) is 60.7 Å². The van der Waals surface area contributed by atoms with Crippen LogP contribution in [0.5, 0.6) is 0 Å². The minimum atomic E-state index is -3.07. The van der Waals surface area contributed by atoms with Crippen molar-refractivity contribution in [3.63, 3.8) is 0 Å². The number of hydrogen-bond acceptors (Lipinski definition) is 4. The van der Waals surface area contributed by atoms with Gasteiger partial charge in [0.2, 0.25) is 0 Å². The van der Waals surface area contributed by atoms with Gasteiger partial charge in [0.1, 0.15) is 0 Å². The maximum atomic E-state index is 14.8. The second-order valence-electron chi connectivity index (χ2n) is 6.97. The Hall–Kier alpha value is -1.71. The zero-order valence-corrected chi connectivity index (χ0v) is 17.2. The lowest BCUT2D eigenvalue weighted by atomic mass is 9.96. The van der Waals surface area contributed by atoms with Crippen LogP contribution in [0.1, 0.15) is 21.2 Å². The Kier molecular flexibility index (Phi) is 5.09. The molecule has 2 aromatic carbocycles. The van der Waals surface area contributed by atoms with Gasteiger partial charge in [-0.25, -0.2) is 0 Å². The van der Waals surface area contributed by atoms with E-state index in [0.717, 1.165) is 31.2 Å². The van der Waals surface area contributed by atoms with E-state index in [9.17, 15) is 9.67 Å². The molecule has 0 spiro atoms. The van der Waals surface area contributed by atoms with Crippen molar-refractivity contribution in [2.75, 3.05) is 13.2 Å². The van der Waals surface area contributed by atoms with Crippen LogP contribution in [0, 0.1) is 13.8 Å². The third kappa shape index (κ3) is 3.11. The number of hydrogen-bond donors (Lipinski definition) is 1. The predicted molar refractivity (Wildman–Crippen MR) is 113 cm³/mol. The molecule has 2 heterocycles. The lowest BCUT2D eigenvalue weighted by molar-refractivity contribution is 0.124. The molecule has 3 aromatic rings. The molecule has 1 aliphatic rings. The highest BCUT2D eigenvalue weighted by Crippen LogP contribution is 2.49. The molecule has 0 saturated carbocycles. The summed E-state index contributed by atoms with van der Waals surface area (Å²) in [5.41, 5.74) is 1.01. The molecule has 0 radical (unpaired) electrons. The van der Waals surface area contributed by atoms with Crippen molar-refractivity contribution in [2.24, 2.45) is 0 Å². The van der Waals surface area contributed by atoms with E-state index in [2.05, 4.69) is 6.92 Å². The van der Waals surface area contributed by atoms with Crippen LogP contribution in [-0.2, 0) is 9.30 Å². The summed E-state index contributed by atoms with van der Waals surface area (Å²) in [6, 6.07) is 19.4. The van der Waals surface area contributed by atoms with E-state index >= 15 is 0 Å². The SMILES string of the molecule is Cc1sc(C)c(P(=O)(c2ccccc2)c2ccccc2)c1[C@H]1COC[C@H]1O. The molecule has 0 unspecified atom stereocenters. The highest BCUT2D eigenvalue weighted by Gasteiger charge is 2.40. The van der Waals surface area contributed by atoms with Crippen molar-refractivity contribution in [3.05, 3.63) is 76.0 Å². The van der Waals surface area contributed by atoms with E-state index in [1.165, 1.54) is 0 Å². The summed E-state index contributed by atoms with van der Waals surface area (Å²) in [5.74, 6) is -0.134. The van der Waals surface area contributed by atoms with Crippen LogP contribution >= 0.6 is 18.5 Å². The summed E-state index contributed by atoms with van der Waals surface area (Å²) >= 11 is 1.66. The molecule has 3 nitrogen and oxygen atoms in total. The minimum Gasteiger partial charge on any atom is -0.390 e. The molecule has 1 aromatic heterocycles. The average molecular weight is 398 g/mol. The predicted octanol–water partition coefficient (Wildman–Crippen LogP) is 3.48. The Morgan fingerprint density at radius 1 is 0.926 bits per heavy atom. The number of rotatable bonds is 4. The van der Waals surface area contributed by atoms with Gasteiger partial charge < -0.3 is 14.4 Å². The van der Waals surface area contributed by atoms with Gasteiger partial charge in [0.15, 0.2) is 7.14 Å². The zero-order chi connectivity index (χ0) is 19.0. The molecule has 27 heavy (non-hydrogen) atoms. The van der Waals surface area contributed by atoms with Gasteiger partial charge in [-0.3, -0.25) is 0 Å². The summed E-state index contributed by atoms with van der Waals surface area (Å²) in [5, 5.41) is 13.0. The molecule has 4 rings (SSSR count). The quantitative estimate of drug-likeness (QED) is 0.685. The van der Waals surface area contributed by atoms with Gasteiger partial charge in [-0.15, -0.1) is 11.3 Å². The highest BCUT2D eigenvalue weighted by molar-refractivity contribution is 7.85. The molecule has 140 valence electrons. The van der Waals surface area contributed by atoms with Crippen LogP contribution < -0.4 is 15.9 Å². The second kappa shape index (κ2) is 7.37. The van der Waals surface area contributed by atoms with Crippen LogP contribution in [0.3, 0.4) is 0 Å². The van der Waals surface area contributed by atoms with Gasteiger partial charge in [0.25, 0.3) is 0 Å². The smallest absolute Gasteiger partial charge is 0.172 e. The Morgan fingerprint density at radius 2 is 1.48 bits per heavy atom. The average Bonchev–Trinajstić information content (AvgIpc) is 3.24. The first-order chi connectivity index (χ1) is 13.0. The normalized spacial score (nSPS) is 20.1. The Morgan fingerprint density at radius 3 is 1.96 bits per heavy atom. The van der Waals surface area contributed by atoms with Crippen molar-refractivity contribution >= 4 is 34.4 Å². The third-order valence-electron chi connectivity index (χ3n) is 5.25. The van der Waals surface area contributed by atoms with Gasteiger partial charge >= 0.3 is 0 Å². The number of ether oxygens (including phenoxy) is 1. The fraction of sp³-hybridized carbons (Fsp3) is 0.273. The zero-order valence-electron chi connectivity index (χ0n) is 15.5. The van der Waals surface area contributed by atoms with Gasteiger partial charge in [-0.2, -0.15) is 0 Å². The van der Waals surface area contributed by atoms with Crippen LogP contribution in [0.4, 0.5) is 0 Å². The van der Waals surface area contributed by atoms with E-state index in [1.54, 1.807) is 11.3 Å². The second-order valence-corrected chi connectivity index (χ2v) is 11.1. The molecule has 2 atom stereocenters. The molecule has 1 saturated heterocycles. The molecule has 0 aliphatic carbocycles. The molecule has 1 fully saturated rings. The van der Waals surface area contributed by atoms with E-state index in [-0.39, 0.29) is 5.92 Å². The number of aliphatic hydroxyl groups excluding tert-OH is 1. The van der Waals surface area contributed by atoms with Crippen LogP contribution in [-0.4, -0.2) is 24.4 Å². The highest BCUT2D eigenvalue weighted by atomic mass is 32.1. The van der Waals surface area contributed by atoms with Crippen molar-refractivity contribution in [1.29, 1.82) is 0 Å². The molecular formula is C22H23O3PS. The lowest BCUT2D eigenvalue weighted by Crippen LogP contribution is -2.30. The Labute approximate surface area is 164 Å². The third-order valence-corrected chi connectivity index (χ3v) is 9.69. The Balaban J connectivity index is 2.02. The monoisotopic (exact) mass is 398 g/mol. The minimum absolute atomic E-state index is 0.134. The molecule has 5 heteroatoms. The number of aliphatic hydroxyl groups is 1. The number of thiophene rings is 1. The van der Waals surface area contributed by atoms with E-state index in [4.69, 9.17) is 4.74 Å². The Bertz CT molecular complexity index is 938. The largest absolute Gasteiger partial charge is 0.390 e. The maximum Gasteiger partial charge on any atom is 0.172 e. The van der Waals surface area contributed by atoms with Crippen molar-refractivity contribution < 1.29 is 14.4 Å². The maximum absolute atomic E-state index is 14.8. The van der Waals surface area contributed by atoms with Gasteiger partial charge in [-0.1, -0.05) is 60.7 Å². The molecule has 0 bridgehead atoms. The van der Waals surface area contributed by atoms with E-state index in [0.29, 0.717) is 13.2 Å². The van der Waals surface area contributed by atoms with Crippen molar-refractivity contribution in [3.8, 4) is 0 Å². The fourth-order valence-corrected chi connectivity index (χ4v) is 8.76. The summed E-state index contributed by atoms with van der Waals surface area (Å²) in [6.07, 6.45) is -0.559. The van der Waals surface area contributed by atoms with Gasteiger partial charge in [0.05, 0.1) is 19.3 Å². The summed E-state index contributed by atoms with van der Waals surface area (Å²) in [4.78, 5) is 2.17. The first-order valence-corrected chi connectivity index (χ1v) is 11.6. The van der Waals surface area contributed by atoms with Crippen LogP contribution in [0.25, 0.3) is 0 Å². The van der Waals surface area contributed by atoms with Gasteiger partial charge in [0, 0.05) is 31.6 Å².